The summed E-state index contributed by atoms with van der Waals surface area (Å²) in [6.07, 6.45) is 4.03. The van der Waals surface area contributed by atoms with Gasteiger partial charge in [-0.05, 0) is 30.9 Å². The average Bonchev–Trinajstić information content (AvgIpc) is 3.23. The monoisotopic (exact) mass is 366 g/mol. The first-order valence-corrected chi connectivity index (χ1v) is 9.75. The number of aromatic nitrogens is 2. The lowest BCUT2D eigenvalue weighted by molar-refractivity contribution is -0.145. The predicted molar refractivity (Wildman–Crippen MR) is 104 cm³/mol. The second-order valence-corrected chi connectivity index (χ2v) is 6.99. The number of rotatable bonds is 7. The molecule has 6 nitrogen and oxygen atoms in total. The maximum atomic E-state index is 12.7. The highest BCUT2D eigenvalue weighted by Gasteiger charge is 2.31. The molecule has 1 atom stereocenters. The highest BCUT2D eigenvalue weighted by atomic mass is 16.5. The van der Waals surface area contributed by atoms with Gasteiger partial charge in [0.2, 0.25) is 0 Å². The maximum Gasteiger partial charge on any atom is 0.329 e. The van der Waals surface area contributed by atoms with Crippen LogP contribution in [0.1, 0.15) is 51.1 Å². The van der Waals surface area contributed by atoms with E-state index in [2.05, 4.69) is 29.8 Å². The highest BCUT2D eigenvalue weighted by molar-refractivity contribution is 5.85. The summed E-state index contributed by atoms with van der Waals surface area (Å²) in [6.45, 7) is 6.21. The Morgan fingerprint density at radius 3 is 2.41 bits per heavy atom. The zero-order valence-electron chi connectivity index (χ0n) is 16.0. The molecule has 2 aromatic rings. The molecule has 0 unspecified atom stereocenters. The van der Waals surface area contributed by atoms with Gasteiger partial charge in [0, 0.05) is 13.1 Å². The van der Waals surface area contributed by atoms with Crippen molar-refractivity contribution in [2.45, 2.75) is 45.4 Å². The summed E-state index contributed by atoms with van der Waals surface area (Å²) < 4.78 is 5.48. The van der Waals surface area contributed by atoms with Crippen molar-refractivity contribution in [3.63, 3.8) is 0 Å². The van der Waals surface area contributed by atoms with Crippen LogP contribution in [0.2, 0.25) is 0 Å². The van der Waals surface area contributed by atoms with E-state index in [4.69, 9.17) is 9.72 Å². The van der Waals surface area contributed by atoms with Crippen molar-refractivity contribution < 1.29 is 9.53 Å². The van der Waals surface area contributed by atoms with Crippen molar-refractivity contribution in [3.05, 3.63) is 30.0 Å². The normalized spacial score (nSPS) is 15.1. The molecule has 0 N–H and O–H groups in total. The fourth-order valence-electron chi connectivity index (χ4n) is 3.39. The lowest BCUT2D eigenvalue weighted by Gasteiger charge is -2.22. The molecule has 3 rings (SSSR count). The third-order valence-electron chi connectivity index (χ3n) is 5.24. The molecule has 27 heavy (non-hydrogen) atoms. The van der Waals surface area contributed by atoms with Gasteiger partial charge in [0.15, 0.2) is 11.7 Å². The number of nitrogens with zero attached hydrogens (tertiary/aromatic N) is 4. The topological polar surface area (TPSA) is 79.1 Å². The van der Waals surface area contributed by atoms with Gasteiger partial charge >= 0.3 is 5.97 Å². The highest BCUT2D eigenvalue weighted by Crippen LogP contribution is 2.30. The first kappa shape index (κ1) is 19.1. The molecule has 0 amide bonds. The van der Waals surface area contributed by atoms with Crippen LogP contribution in [0, 0.1) is 17.2 Å². The van der Waals surface area contributed by atoms with Crippen LogP contribution in [0.15, 0.2) is 24.3 Å². The number of hydrogen-bond acceptors (Lipinski definition) is 6. The van der Waals surface area contributed by atoms with Crippen LogP contribution in [0.5, 0.6) is 0 Å². The summed E-state index contributed by atoms with van der Waals surface area (Å²) in [5.41, 5.74) is 1.86. The summed E-state index contributed by atoms with van der Waals surface area (Å²) in [4.78, 5) is 24.2. The number of nitriles is 1. The molecule has 0 bridgehead atoms. The van der Waals surface area contributed by atoms with Gasteiger partial charge in [-0.2, -0.15) is 5.26 Å². The van der Waals surface area contributed by atoms with E-state index in [1.54, 1.807) is 0 Å². The number of carbonyl (C=O) groups excluding carboxylic acids is 1. The van der Waals surface area contributed by atoms with Gasteiger partial charge in [0.05, 0.1) is 23.7 Å². The number of esters is 1. The van der Waals surface area contributed by atoms with Gasteiger partial charge in [0.1, 0.15) is 5.69 Å². The summed E-state index contributed by atoms with van der Waals surface area (Å²) >= 11 is 0. The molecule has 2 heterocycles. The molecule has 1 aromatic heterocycles. The Morgan fingerprint density at radius 1 is 1.19 bits per heavy atom. The minimum atomic E-state index is -1.06. The van der Waals surface area contributed by atoms with Gasteiger partial charge in [-0.25, -0.2) is 9.97 Å². The molecule has 142 valence electrons. The quantitative estimate of drug-likeness (QED) is 0.693. The van der Waals surface area contributed by atoms with Crippen LogP contribution < -0.4 is 4.90 Å². The van der Waals surface area contributed by atoms with Crippen molar-refractivity contribution in [1.82, 2.24) is 9.97 Å². The van der Waals surface area contributed by atoms with Gasteiger partial charge in [-0.3, -0.25) is 4.79 Å². The SMILES string of the molecule is CCC(CC)COC(=O)[C@H](C#N)c1nc2ccccc2nc1N1CCCC1. The van der Waals surface area contributed by atoms with Crippen LogP contribution >= 0.6 is 0 Å². The number of hydrogen-bond donors (Lipinski definition) is 0. The van der Waals surface area contributed by atoms with E-state index >= 15 is 0 Å². The van der Waals surface area contributed by atoms with Crippen LogP contribution in [0.25, 0.3) is 11.0 Å². The molecule has 1 aliphatic rings. The van der Waals surface area contributed by atoms with E-state index in [-0.39, 0.29) is 0 Å². The number of para-hydroxylation sites is 2. The maximum absolute atomic E-state index is 12.7. The molecule has 0 saturated carbocycles. The Balaban J connectivity index is 1.95. The van der Waals surface area contributed by atoms with Crippen LogP contribution in [0.3, 0.4) is 0 Å². The molecular weight excluding hydrogens is 340 g/mol. The molecule has 0 spiro atoms. The minimum Gasteiger partial charge on any atom is -0.464 e. The van der Waals surface area contributed by atoms with Crippen molar-refractivity contribution in [2.24, 2.45) is 5.92 Å². The smallest absolute Gasteiger partial charge is 0.329 e. The van der Waals surface area contributed by atoms with E-state index in [1.165, 1.54) is 0 Å². The van der Waals surface area contributed by atoms with Crippen LogP contribution in [0.4, 0.5) is 5.82 Å². The van der Waals surface area contributed by atoms with Gasteiger partial charge < -0.3 is 9.64 Å². The Labute approximate surface area is 160 Å². The Hall–Kier alpha value is -2.68. The third-order valence-corrected chi connectivity index (χ3v) is 5.24. The zero-order valence-corrected chi connectivity index (χ0v) is 16.0. The van der Waals surface area contributed by atoms with Gasteiger partial charge in [-0.1, -0.05) is 38.8 Å². The van der Waals surface area contributed by atoms with Crippen molar-refractivity contribution in [2.75, 3.05) is 24.6 Å². The predicted octanol–water partition coefficient (Wildman–Crippen LogP) is 3.82. The summed E-state index contributed by atoms with van der Waals surface area (Å²) in [6, 6.07) is 9.65. The summed E-state index contributed by atoms with van der Waals surface area (Å²) in [5, 5.41) is 9.73. The van der Waals surface area contributed by atoms with Crippen molar-refractivity contribution in [1.29, 1.82) is 5.26 Å². The fourth-order valence-corrected chi connectivity index (χ4v) is 3.39. The minimum absolute atomic E-state index is 0.314. The van der Waals surface area contributed by atoms with E-state index in [0.29, 0.717) is 29.6 Å². The first-order valence-electron chi connectivity index (χ1n) is 9.75. The fraction of sp³-hybridized carbons (Fsp3) is 0.524. The number of carbonyl (C=O) groups is 1. The Morgan fingerprint density at radius 2 is 1.81 bits per heavy atom. The standard InChI is InChI=1S/C21H26N4O2/c1-3-15(4-2)14-27-21(26)16(13-22)19-20(25-11-7-8-12-25)24-18-10-6-5-9-17(18)23-19/h5-6,9-10,15-16H,3-4,7-8,11-12,14H2,1-2H3/t16-/m1/s1. The van der Waals surface area contributed by atoms with Crippen LogP contribution in [-0.4, -0.2) is 35.6 Å². The van der Waals surface area contributed by atoms with Crippen molar-refractivity contribution >= 4 is 22.8 Å². The van der Waals surface area contributed by atoms with E-state index < -0.39 is 11.9 Å². The molecule has 0 radical (unpaired) electrons. The van der Waals surface area contributed by atoms with Gasteiger partial charge in [-0.15, -0.1) is 0 Å². The number of anilines is 1. The number of fused-ring (bicyclic) bond motifs is 1. The molecule has 1 aromatic carbocycles. The summed E-state index contributed by atoms with van der Waals surface area (Å²) in [7, 11) is 0. The number of benzene rings is 1. The second-order valence-electron chi connectivity index (χ2n) is 6.99. The zero-order chi connectivity index (χ0) is 19.2. The van der Waals surface area contributed by atoms with E-state index in [1.807, 2.05) is 24.3 Å². The largest absolute Gasteiger partial charge is 0.464 e. The third kappa shape index (κ3) is 4.19. The van der Waals surface area contributed by atoms with E-state index in [0.717, 1.165) is 44.3 Å². The Bertz CT molecular complexity index is 836. The first-order chi connectivity index (χ1) is 13.2. The molecule has 1 saturated heterocycles. The second kappa shape index (κ2) is 8.81. The lowest BCUT2D eigenvalue weighted by Crippen LogP contribution is -2.26. The van der Waals surface area contributed by atoms with E-state index in [9.17, 15) is 10.1 Å². The van der Waals surface area contributed by atoms with Crippen LogP contribution in [-0.2, 0) is 9.53 Å². The molecule has 1 fully saturated rings. The Kier molecular flexibility index (Phi) is 6.23. The lowest BCUT2D eigenvalue weighted by atomic mass is 10.0. The summed E-state index contributed by atoms with van der Waals surface area (Å²) in [5.74, 6) is -0.646. The molecular formula is C21H26N4O2. The molecule has 0 aliphatic carbocycles. The average molecular weight is 366 g/mol. The molecule has 6 heteroatoms. The molecule has 1 aliphatic heterocycles. The number of ether oxygens (including phenoxy) is 1. The van der Waals surface area contributed by atoms with Gasteiger partial charge in [0.25, 0.3) is 0 Å². The van der Waals surface area contributed by atoms with Crippen molar-refractivity contribution in [3.8, 4) is 6.07 Å².